The smallest absolute Gasteiger partial charge is 0.302 e. The van der Waals surface area contributed by atoms with Crippen LogP contribution in [0.5, 0.6) is 0 Å². The van der Waals surface area contributed by atoms with E-state index in [1.54, 1.807) is 0 Å². The van der Waals surface area contributed by atoms with Gasteiger partial charge in [0.25, 0.3) is 0 Å². The number of rotatable bonds is 7. The molecule has 0 aliphatic rings. The van der Waals surface area contributed by atoms with Crippen molar-refractivity contribution in [1.82, 2.24) is 0 Å². The fourth-order valence-corrected chi connectivity index (χ4v) is 1.08. The van der Waals surface area contributed by atoms with Gasteiger partial charge in [-0.2, -0.15) is 0 Å². The average molecular weight is 198 g/mol. The normalized spacial score (nSPS) is 11.1. The average Bonchev–Trinajstić information content (AvgIpc) is 2.08. The van der Waals surface area contributed by atoms with E-state index in [9.17, 15) is 4.79 Å². The van der Waals surface area contributed by atoms with Crippen molar-refractivity contribution in [3.05, 3.63) is 12.2 Å². The predicted octanol–water partition coefficient (Wildman–Crippen LogP) is 3.32. The predicted molar refractivity (Wildman–Crippen MR) is 59.1 cm³/mol. The molecule has 0 saturated carbocycles. The first-order chi connectivity index (χ1) is 6.63. The molecule has 0 aliphatic carbocycles. The molecule has 0 aromatic carbocycles. The van der Waals surface area contributed by atoms with E-state index in [0.29, 0.717) is 6.61 Å². The minimum atomic E-state index is -0.186. The van der Waals surface area contributed by atoms with Gasteiger partial charge in [0.1, 0.15) is 0 Å². The largest absolute Gasteiger partial charge is 0.466 e. The highest BCUT2D eigenvalue weighted by Gasteiger charge is 1.91. The van der Waals surface area contributed by atoms with E-state index in [2.05, 4.69) is 26.0 Å². The summed E-state index contributed by atoms with van der Waals surface area (Å²) < 4.78 is 4.81. The van der Waals surface area contributed by atoms with Gasteiger partial charge in [0.15, 0.2) is 0 Å². The van der Waals surface area contributed by atoms with Gasteiger partial charge in [-0.25, -0.2) is 0 Å². The van der Waals surface area contributed by atoms with Gasteiger partial charge in [0, 0.05) is 6.92 Å². The van der Waals surface area contributed by atoms with Gasteiger partial charge >= 0.3 is 5.97 Å². The zero-order chi connectivity index (χ0) is 10.8. The molecule has 0 bridgehead atoms. The molecule has 0 aromatic rings. The Kier molecular flexibility index (Phi) is 8.30. The van der Waals surface area contributed by atoms with Gasteiger partial charge in [-0.15, -0.1) is 0 Å². The van der Waals surface area contributed by atoms with Crippen LogP contribution in [0, 0.1) is 5.92 Å². The number of carbonyl (C=O) groups is 1. The lowest BCUT2D eigenvalue weighted by atomic mass is 10.1. The highest BCUT2D eigenvalue weighted by atomic mass is 16.5. The molecular weight excluding hydrogens is 176 g/mol. The van der Waals surface area contributed by atoms with E-state index in [-0.39, 0.29) is 5.97 Å². The molecular formula is C12H22O2. The second-order valence-electron chi connectivity index (χ2n) is 3.92. The van der Waals surface area contributed by atoms with Crippen LogP contribution in [-0.2, 0) is 9.53 Å². The molecule has 0 fully saturated rings. The Labute approximate surface area is 87.3 Å². The third-order valence-electron chi connectivity index (χ3n) is 1.90. The number of carbonyl (C=O) groups excluding carboxylic acids is 1. The van der Waals surface area contributed by atoms with Gasteiger partial charge in [0.2, 0.25) is 0 Å². The summed E-state index contributed by atoms with van der Waals surface area (Å²) in [6, 6.07) is 0. The van der Waals surface area contributed by atoms with E-state index in [1.165, 1.54) is 13.3 Å². The summed E-state index contributed by atoms with van der Waals surface area (Å²) >= 11 is 0. The summed E-state index contributed by atoms with van der Waals surface area (Å²) in [7, 11) is 0. The number of allylic oxidation sites excluding steroid dienone is 2. The lowest BCUT2D eigenvalue weighted by Crippen LogP contribution is -1.99. The lowest BCUT2D eigenvalue weighted by molar-refractivity contribution is -0.141. The molecule has 0 heterocycles. The van der Waals surface area contributed by atoms with E-state index in [0.717, 1.165) is 25.2 Å². The highest BCUT2D eigenvalue weighted by molar-refractivity contribution is 5.65. The van der Waals surface area contributed by atoms with Gasteiger partial charge in [0.05, 0.1) is 6.61 Å². The van der Waals surface area contributed by atoms with Gasteiger partial charge in [-0.3, -0.25) is 4.79 Å². The van der Waals surface area contributed by atoms with Crippen LogP contribution in [0.2, 0.25) is 0 Å². The third kappa shape index (κ3) is 11.2. The van der Waals surface area contributed by atoms with E-state index in [4.69, 9.17) is 4.74 Å². The number of unbranched alkanes of at least 4 members (excludes halogenated alkanes) is 1. The van der Waals surface area contributed by atoms with E-state index < -0.39 is 0 Å². The van der Waals surface area contributed by atoms with Crippen molar-refractivity contribution in [3.8, 4) is 0 Å². The Morgan fingerprint density at radius 2 is 1.93 bits per heavy atom. The molecule has 2 heteroatoms. The van der Waals surface area contributed by atoms with Crippen molar-refractivity contribution >= 4 is 5.97 Å². The Balaban J connectivity index is 3.15. The molecule has 0 rings (SSSR count). The molecule has 0 N–H and O–H groups in total. The molecule has 0 spiro atoms. The quantitative estimate of drug-likeness (QED) is 0.356. The maximum Gasteiger partial charge on any atom is 0.302 e. The molecule has 0 amide bonds. The van der Waals surface area contributed by atoms with Crippen molar-refractivity contribution < 1.29 is 9.53 Å². The minimum Gasteiger partial charge on any atom is -0.466 e. The first-order valence-corrected chi connectivity index (χ1v) is 5.41. The first-order valence-electron chi connectivity index (χ1n) is 5.41. The van der Waals surface area contributed by atoms with E-state index >= 15 is 0 Å². The maximum atomic E-state index is 10.4. The Hall–Kier alpha value is -0.790. The Morgan fingerprint density at radius 1 is 1.29 bits per heavy atom. The highest BCUT2D eigenvalue weighted by Crippen LogP contribution is 2.04. The fraction of sp³-hybridized carbons (Fsp3) is 0.750. The van der Waals surface area contributed by atoms with Crippen molar-refractivity contribution in [2.75, 3.05) is 6.61 Å². The van der Waals surface area contributed by atoms with Crippen LogP contribution >= 0.6 is 0 Å². The standard InChI is InChI=1S/C12H22O2/c1-11(2)9-7-5-4-6-8-10-14-12(3)13/h4-5,11H,6-10H2,1-3H3/b5-4+. The van der Waals surface area contributed by atoms with Crippen molar-refractivity contribution in [2.24, 2.45) is 5.92 Å². The molecule has 0 aliphatic heterocycles. The molecule has 2 nitrogen and oxygen atoms in total. The fourth-order valence-electron chi connectivity index (χ4n) is 1.08. The minimum absolute atomic E-state index is 0.186. The SMILES string of the molecule is CC(=O)OCCC/C=C/CCC(C)C. The van der Waals surface area contributed by atoms with Crippen LogP contribution in [0.25, 0.3) is 0 Å². The van der Waals surface area contributed by atoms with E-state index in [1.807, 2.05) is 0 Å². The lowest BCUT2D eigenvalue weighted by Gasteiger charge is -2.00. The van der Waals surface area contributed by atoms with Gasteiger partial charge < -0.3 is 4.74 Å². The van der Waals surface area contributed by atoms with Crippen LogP contribution in [0.3, 0.4) is 0 Å². The van der Waals surface area contributed by atoms with Gasteiger partial charge in [-0.05, 0) is 31.6 Å². The number of hydrogen-bond donors (Lipinski definition) is 0. The van der Waals surface area contributed by atoms with Crippen LogP contribution in [0.15, 0.2) is 12.2 Å². The maximum absolute atomic E-state index is 10.4. The van der Waals surface area contributed by atoms with Crippen molar-refractivity contribution in [3.63, 3.8) is 0 Å². The zero-order valence-electron chi connectivity index (χ0n) is 9.58. The summed E-state index contributed by atoms with van der Waals surface area (Å²) in [5.41, 5.74) is 0. The first kappa shape index (κ1) is 13.2. The van der Waals surface area contributed by atoms with Gasteiger partial charge in [-0.1, -0.05) is 26.0 Å². The van der Waals surface area contributed by atoms with Crippen molar-refractivity contribution in [2.45, 2.75) is 46.5 Å². The zero-order valence-corrected chi connectivity index (χ0v) is 9.58. The monoisotopic (exact) mass is 198 g/mol. The Morgan fingerprint density at radius 3 is 2.50 bits per heavy atom. The molecule has 82 valence electrons. The van der Waals surface area contributed by atoms with Crippen LogP contribution in [-0.4, -0.2) is 12.6 Å². The number of ether oxygens (including phenoxy) is 1. The van der Waals surface area contributed by atoms with Crippen LogP contribution in [0.1, 0.15) is 46.5 Å². The summed E-state index contributed by atoms with van der Waals surface area (Å²) in [6.45, 7) is 6.45. The summed E-state index contributed by atoms with van der Waals surface area (Å²) in [5, 5.41) is 0. The second kappa shape index (κ2) is 8.79. The van der Waals surface area contributed by atoms with Crippen LogP contribution in [0.4, 0.5) is 0 Å². The molecule has 0 saturated heterocycles. The molecule has 0 radical (unpaired) electrons. The molecule has 0 unspecified atom stereocenters. The molecule has 14 heavy (non-hydrogen) atoms. The molecule has 0 atom stereocenters. The van der Waals surface area contributed by atoms with Crippen LogP contribution < -0.4 is 0 Å². The summed E-state index contributed by atoms with van der Waals surface area (Å²) in [4.78, 5) is 10.4. The summed E-state index contributed by atoms with van der Waals surface area (Å²) in [5.74, 6) is 0.592. The number of esters is 1. The summed E-state index contributed by atoms with van der Waals surface area (Å²) in [6.07, 6.45) is 8.73. The van der Waals surface area contributed by atoms with Crippen molar-refractivity contribution in [1.29, 1.82) is 0 Å². The molecule has 0 aromatic heterocycles. The third-order valence-corrected chi connectivity index (χ3v) is 1.90. The number of hydrogen-bond acceptors (Lipinski definition) is 2. The topological polar surface area (TPSA) is 26.3 Å². The second-order valence-corrected chi connectivity index (χ2v) is 3.92. The Bertz CT molecular complexity index is 171.